The fourth-order valence-corrected chi connectivity index (χ4v) is 4.25. The smallest absolute Gasteiger partial charge is 0.870 e. The molecule has 0 fully saturated rings. The minimum atomic E-state index is -1.17. The van der Waals surface area contributed by atoms with Crippen molar-refractivity contribution < 1.29 is 73.5 Å². The van der Waals surface area contributed by atoms with Crippen LogP contribution in [-0.4, -0.2) is 93.4 Å². The Morgan fingerprint density at radius 2 is 1.10 bits per heavy atom. The van der Waals surface area contributed by atoms with Gasteiger partial charge in [-0.25, -0.2) is 19.2 Å². The van der Waals surface area contributed by atoms with Crippen LogP contribution in [-0.2, 0) is 42.4 Å². The van der Waals surface area contributed by atoms with Crippen LogP contribution in [0.3, 0.4) is 0 Å². The van der Waals surface area contributed by atoms with Crippen LogP contribution in [0, 0.1) is 0 Å². The fourth-order valence-electron chi connectivity index (χ4n) is 3.00. The van der Waals surface area contributed by atoms with E-state index in [0.717, 1.165) is 0 Å². The third-order valence-corrected chi connectivity index (χ3v) is 6.98. The Morgan fingerprint density at radius 1 is 0.667 bits per heavy atom. The molecule has 0 spiro atoms. The van der Waals surface area contributed by atoms with Gasteiger partial charge in [0.2, 0.25) is 0 Å². The van der Waals surface area contributed by atoms with E-state index in [4.69, 9.17) is 77.3 Å². The summed E-state index contributed by atoms with van der Waals surface area (Å²) in [4.78, 5) is 43.8. The van der Waals surface area contributed by atoms with Gasteiger partial charge >= 0.3 is 53.4 Å². The maximum absolute atomic E-state index is 11.3. The van der Waals surface area contributed by atoms with E-state index in [9.17, 15) is 19.2 Å². The van der Waals surface area contributed by atoms with Crippen molar-refractivity contribution in [2.24, 2.45) is 28.2 Å². The quantitative estimate of drug-likeness (QED) is 0.161. The standard InChI is InChI=1S/C7H8Cl2N2O2.C7H9ClN2O2.C7H10N2O2.C5H4Cl2N2O2.2CH4.Na.H2O/c1-3-13-7(12)4-5(8)10-11(2)6(4)9;1-3-12-7(11)5-4-9-10(2)6(5)8;1-3-11-7(10)6-4-8-9(2)5-6;1-9-4(7)2(5(10)11)3(6)8-9;;;;/h3H2,1-2H3;4H,3H2,1-2H3;4-5H,3H2,1-2H3;1H3,(H,10,11);2*1H4;;1H2/q;;;;;;+1;/p-1. The molecule has 0 aliphatic heterocycles. The van der Waals surface area contributed by atoms with Crippen molar-refractivity contribution in [1.82, 2.24) is 39.1 Å². The number of esters is 3. The number of aromatic nitrogens is 8. The average Bonchev–Trinajstić information content (AvgIpc) is 3.71. The van der Waals surface area contributed by atoms with E-state index < -0.39 is 17.9 Å². The van der Waals surface area contributed by atoms with Gasteiger partial charge in [-0.1, -0.05) is 72.9 Å². The molecule has 17 nitrogen and oxygen atoms in total. The SMILES string of the molecule is C.C.CCOC(=O)c1c(Cl)nn(C)c1Cl.CCOC(=O)c1cnn(C)c1.CCOC(=O)c1cnn(C)c1Cl.Cn1nc(Cl)c(C(=O)O)c1Cl.[Na+].[OH-]. The second-order valence-electron chi connectivity index (χ2n) is 8.50. The van der Waals surface area contributed by atoms with E-state index in [1.807, 2.05) is 0 Å². The second kappa shape index (κ2) is 26.8. The molecule has 0 amide bonds. The van der Waals surface area contributed by atoms with Gasteiger partial charge in [0.1, 0.15) is 32.1 Å². The van der Waals surface area contributed by atoms with Gasteiger partial charge in [0.05, 0.1) is 37.8 Å². The van der Waals surface area contributed by atoms with Crippen LogP contribution in [0.2, 0.25) is 25.8 Å². The molecule has 0 unspecified atom stereocenters. The molecule has 0 atom stereocenters. The molecule has 0 radical (unpaired) electrons. The summed E-state index contributed by atoms with van der Waals surface area (Å²) in [6.45, 7) is 6.23. The van der Waals surface area contributed by atoms with Crippen LogP contribution < -0.4 is 29.6 Å². The summed E-state index contributed by atoms with van der Waals surface area (Å²) in [7, 11) is 6.52. The Kier molecular flexibility index (Phi) is 28.9. The Labute approximate surface area is 342 Å². The van der Waals surface area contributed by atoms with E-state index in [0.29, 0.717) is 29.5 Å². The van der Waals surface area contributed by atoms with Gasteiger partial charge in [-0.05, 0) is 20.8 Å². The molecular formula is C28H40Cl5N8NaO9. The third-order valence-electron chi connectivity index (χ3n) is 5.14. The number of rotatable bonds is 7. The maximum Gasteiger partial charge on any atom is 1.00 e. The predicted molar refractivity (Wildman–Crippen MR) is 188 cm³/mol. The molecule has 0 saturated carbocycles. The molecule has 282 valence electrons. The van der Waals surface area contributed by atoms with Gasteiger partial charge in [0.15, 0.2) is 10.3 Å². The van der Waals surface area contributed by atoms with E-state index in [1.165, 1.54) is 33.5 Å². The summed E-state index contributed by atoms with van der Waals surface area (Å²) in [6.07, 6.45) is 4.50. The molecule has 51 heavy (non-hydrogen) atoms. The minimum Gasteiger partial charge on any atom is -0.870 e. The molecule has 4 aromatic heterocycles. The molecule has 4 aromatic rings. The van der Waals surface area contributed by atoms with Gasteiger partial charge in [0, 0.05) is 34.4 Å². The third kappa shape index (κ3) is 16.6. The number of hydrogen-bond acceptors (Lipinski definition) is 12. The zero-order valence-corrected chi connectivity index (χ0v) is 33.4. The predicted octanol–water partition coefficient (Wildman–Crippen LogP) is 3.28. The average molecular weight is 833 g/mol. The Bertz CT molecular complexity index is 1690. The van der Waals surface area contributed by atoms with Gasteiger partial charge in [-0.3, -0.25) is 18.7 Å². The zero-order chi connectivity index (χ0) is 36.0. The molecular weight excluding hydrogens is 793 g/mol. The number of carbonyl (C=O) groups excluding carboxylic acids is 3. The number of carbonyl (C=O) groups is 4. The number of hydrogen-bond donors (Lipinski definition) is 1. The summed E-state index contributed by atoms with van der Waals surface area (Å²) in [5.74, 6) is -2.48. The van der Waals surface area contributed by atoms with Gasteiger partial charge in [-0.15, -0.1) is 0 Å². The number of carboxylic acid groups (broad SMARTS) is 1. The topological polar surface area (TPSA) is 217 Å². The minimum absolute atomic E-state index is 0. The van der Waals surface area contributed by atoms with Crippen molar-refractivity contribution in [2.45, 2.75) is 35.6 Å². The zero-order valence-electron chi connectivity index (χ0n) is 27.6. The normalized spacial score (nSPS) is 9.18. The second-order valence-corrected chi connectivity index (χ2v) is 10.3. The van der Waals surface area contributed by atoms with Crippen LogP contribution in [0.15, 0.2) is 18.6 Å². The molecule has 0 saturated heterocycles. The molecule has 4 heterocycles. The van der Waals surface area contributed by atoms with Crippen LogP contribution in [0.5, 0.6) is 0 Å². The summed E-state index contributed by atoms with van der Waals surface area (Å²) in [6, 6.07) is 0. The first-order chi connectivity index (χ1) is 22.0. The van der Waals surface area contributed by atoms with Crippen LogP contribution in [0.4, 0.5) is 0 Å². The number of carboxylic acids is 1. The number of aromatic carboxylic acids is 1. The van der Waals surface area contributed by atoms with E-state index in [-0.39, 0.29) is 94.2 Å². The molecule has 0 bridgehead atoms. The first-order valence-electron chi connectivity index (χ1n) is 13.2. The number of nitrogens with zero attached hydrogens (tertiary/aromatic N) is 8. The summed E-state index contributed by atoms with van der Waals surface area (Å²) in [5.41, 5.74) is 0.763. The molecule has 0 aliphatic rings. The molecule has 0 aromatic carbocycles. The van der Waals surface area contributed by atoms with Crippen molar-refractivity contribution in [3.63, 3.8) is 0 Å². The number of aryl methyl sites for hydroxylation is 4. The Balaban J connectivity index is -0.000000282. The molecule has 4 rings (SSSR count). The summed E-state index contributed by atoms with van der Waals surface area (Å²) < 4.78 is 19.7. The van der Waals surface area contributed by atoms with Gasteiger partial charge in [-0.2, -0.15) is 20.4 Å². The Hall–Kier alpha value is -2.87. The first kappa shape index (κ1) is 54.9. The van der Waals surface area contributed by atoms with E-state index >= 15 is 0 Å². The number of ether oxygens (including phenoxy) is 3. The van der Waals surface area contributed by atoms with Crippen molar-refractivity contribution in [1.29, 1.82) is 0 Å². The van der Waals surface area contributed by atoms with E-state index in [1.54, 1.807) is 52.8 Å². The molecule has 23 heteroatoms. The largest absolute Gasteiger partial charge is 1.00 e. The molecule has 0 aliphatic carbocycles. The van der Waals surface area contributed by atoms with Crippen molar-refractivity contribution in [3.8, 4) is 0 Å². The fraction of sp³-hybridized carbons (Fsp3) is 0.429. The van der Waals surface area contributed by atoms with Gasteiger partial charge in [0.25, 0.3) is 0 Å². The summed E-state index contributed by atoms with van der Waals surface area (Å²) >= 11 is 28.2. The van der Waals surface area contributed by atoms with Crippen molar-refractivity contribution >= 4 is 81.9 Å². The van der Waals surface area contributed by atoms with E-state index in [2.05, 4.69) is 20.4 Å². The van der Waals surface area contributed by atoms with Crippen molar-refractivity contribution in [3.05, 3.63) is 66.6 Å². The van der Waals surface area contributed by atoms with Crippen LogP contribution in [0.1, 0.15) is 77.1 Å². The van der Waals surface area contributed by atoms with Crippen LogP contribution >= 0.6 is 58.0 Å². The monoisotopic (exact) mass is 830 g/mol. The number of halogens is 5. The van der Waals surface area contributed by atoms with Crippen molar-refractivity contribution in [2.75, 3.05) is 19.8 Å². The first-order valence-corrected chi connectivity index (χ1v) is 15.1. The maximum atomic E-state index is 11.3. The Morgan fingerprint density at radius 3 is 1.41 bits per heavy atom. The van der Waals surface area contributed by atoms with Gasteiger partial charge < -0.3 is 24.8 Å². The van der Waals surface area contributed by atoms with Crippen LogP contribution in [0.25, 0.3) is 0 Å². The molecule has 2 N–H and O–H groups in total. The summed E-state index contributed by atoms with van der Waals surface area (Å²) in [5, 5.41) is 24.0.